The van der Waals surface area contributed by atoms with E-state index in [2.05, 4.69) is 20.3 Å². The Balaban J connectivity index is 1.70. The summed E-state index contributed by atoms with van der Waals surface area (Å²) in [6.45, 7) is 5.68. The summed E-state index contributed by atoms with van der Waals surface area (Å²) in [5.41, 5.74) is 2.38. The van der Waals surface area contributed by atoms with E-state index < -0.39 is 0 Å². The lowest BCUT2D eigenvalue weighted by atomic mass is 10.1. The van der Waals surface area contributed by atoms with Gasteiger partial charge < -0.3 is 10.2 Å². The maximum absolute atomic E-state index is 13.0. The highest BCUT2D eigenvalue weighted by atomic mass is 32.1. The Labute approximate surface area is 156 Å². The Kier molecular flexibility index (Phi) is 4.55. The lowest BCUT2D eigenvalue weighted by Gasteiger charge is -2.17. The fourth-order valence-electron chi connectivity index (χ4n) is 3.24. The maximum atomic E-state index is 13.0. The number of carbonyl (C=O) groups is 1. The van der Waals surface area contributed by atoms with E-state index in [0.717, 1.165) is 46.6 Å². The third kappa shape index (κ3) is 3.26. The standard InChI is InChI=1S/C19H21N5OS/c1-12-10-15-17(26-12)16(18(25)24-8-3-4-9-24)23-19(22-15)21-13(2)14-6-5-7-20-11-14/h5-7,10-11,13H,3-4,8-9H2,1-2H3,(H,21,22,23)/t13-/m0/s1. The van der Waals surface area contributed by atoms with E-state index in [1.165, 1.54) is 0 Å². The number of likely N-dealkylation sites (tertiary alicyclic amines) is 1. The Morgan fingerprint density at radius 3 is 2.85 bits per heavy atom. The van der Waals surface area contributed by atoms with Crippen LogP contribution < -0.4 is 5.32 Å². The molecule has 0 aromatic carbocycles. The van der Waals surface area contributed by atoms with Gasteiger partial charge in [0.2, 0.25) is 5.95 Å². The molecule has 4 heterocycles. The van der Waals surface area contributed by atoms with Gasteiger partial charge in [0.05, 0.1) is 16.3 Å². The molecule has 7 heteroatoms. The number of amides is 1. The normalized spacial score (nSPS) is 15.4. The van der Waals surface area contributed by atoms with E-state index in [4.69, 9.17) is 0 Å². The van der Waals surface area contributed by atoms with Crippen molar-refractivity contribution in [3.8, 4) is 0 Å². The van der Waals surface area contributed by atoms with E-state index in [0.29, 0.717) is 11.6 Å². The molecule has 134 valence electrons. The molecule has 0 spiro atoms. The number of thiophene rings is 1. The van der Waals surface area contributed by atoms with Crippen molar-refractivity contribution < 1.29 is 4.79 Å². The average Bonchev–Trinajstić information content (AvgIpc) is 3.30. The van der Waals surface area contributed by atoms with Crippen LogP contribution in [0.2, 0.25) is 0 Å². The molecule has 4 rings (SSSR count). The van der Waals surface area contributed by atoms with Gasteiger partial charge in [0.15, 0.2) is 5.69 Å². The number of fused-ring (bicyclic) bond motifs is 1. The minimum absolute atomic E-state index is 0.00405. The molecule has 1 amide bonds. The van der Waals surface area contributed by atoms with E-state index in [1.54, 1.807) is 17.5 Å². The van der Waals surface area contributed by atoms with Crippen molar-refractivity contribution in [1.29, 1.82) is 0 Å². The minimum atomic E-state index is -0.00405. The van der Waals surface area contributed by atoms with Gasteiger partial charge in [-0.1, -0.05) is 6.07 Å². The molecule has 26 heavy (non-hydrogen) atoms. The second-order valence-electron chi connectivity index (χ2n) is 6.62. The molecule has 1 atom stereocenters. The third-order valence-electron chi connectivity index (χ3n) is 4.62. The molecule has 0 unspecified atom stereocenters. The van der Waals surface area contributed by atoms with Crippen LogP contribution in [0.3, 0.4) is 0 Å². The minimum Gasteiger partial charge on any atom is -0.348 e. The zero-order valence-electron chi connectivity index (χ0n) is 14.9. The fraction of sp³-hybridized carbons (Fsp3) is 0.368. The summed E-state index contributed by atoms with van der Waals surface area (Å²) < 4.78 is 0.874. The molecular formula is C19H21N5OS. The van der Waals surface area contributed by atoms with Crippen molar-refractivity contribution in [3.63, 3.8) is 0 Å². The van der Waals surface area contributed by atoms with Crippen molar-refractivity contribution >= 4 is 33.4 Å². The predicted molar refractivity (Wildman–Crippen MR) is 104 cm³/mol. The molecule has 0 bridgehead atoms. The van der Waals surface area contributed by atoms with Gasteiger partial charge in [0.1, 0.15) is 0 Å². The molecule has 3 aromatic rings. The van der Waals surface area contributed by atoms with Crippen LogP contribution in [0.15, 0.2) is 30.6 Å². The van der Waals surface area contributed by atoms with E-state index in [1.807, 2.05) is 43.1 Å². The number of nitrogens with one attached hydrogen (secondary N) is 1. The van der Waals surface area contributed by atoms with Gasteiger partial charge in [-0.2, -0.15) is 0 Å². The lowest BCUT2D eigenvalue weighted by molar-refractivity contribution is 0.0789. The van der Waals surface area contributed by atoms with Gasteiger partial charge in [-0.25, -0.2) is 9.97 Å². The van der Waals surface area contributed by atoms with E-state index >= 15 is 0 Å². The molecule has 0 saturated carbocycles. The van der Waals surface area contributed by atoms with Crippen LogP contribution in [-0.2, 0) is 0 Å². The van der Waals surface area contributed by atoms with Crippen molar-refractivity contribution in [3.05, 3.63) is 46.7 Å². The summed E-state index contributed by atoms with van der Waals surface area (Å²) in [5.74, 6) is 0.489. The zero-order valence-corrected chi connectivity index (χ0v) is 15.7. The first-order valence-corrected chi connectivity index (χ1v) is 9.67. The Morgan fingerprint density at radius 2 is 2.12 bits per heavy atom. The Morgan fingerprint density at radius 1 is 1.31 bits per heavy atom. The van der Waals surface area contributed by atoms with Crippen LogP contribution in [0.1, 0.15) is 46.7 Å². The Hall–Kier alpha value is -2.54. The SMILES string of the molecule is Cc1cc2nc(N[C@@H](C)c3cccnc3)nc(C(=O)N3CCCC3)c2s1. The first-order valence-electron chi connectivity index (χ1n) is 8.86. The quantitative estimate of drug-likeness (QED) is 0.759. The van der Waals surface area contributed by atoms with Crippen LogP contribution in [0.5, 0.6) is 0 Å². The number of aromatic nitrogens is 3. The van der Waals surface area contributed by atoms with Gasteiger partial charge in [-0.15, -0.1) is 11.3 Å². The summed E-state index contributed by atoms with van der Waals surface area (Å²) in [7, 11) is 0. The number of nitrogens with zero attached hydrogens (tertiary/aromatic N) is 4. The molecule has 3 aromatic heterocycles. The van der Waals surface area contributed by atoms with Gasteiger partial charge in [0, 0.05) is 30.4 Å². The highest BCUT2D eigenvalue weighted by Crippen LogP contribution is 2.29. The molecule has 1 aliphatic rings. The number of hydrogen-bond acceptors (Lipinski definition) is 6. The van der Waals surface area contributed by atoms with Crippen LogP contribution in [0.4, 0.5) is 5.95 Å². The van der Waals surface area contributed by atoms with Crippen molar-refractivity contribution in [2.75, 3.05) is 18.4 Å². The van der Waals surface area contributed by atoms with Crippen LogP contribution in [0, 0.1) is 6.92 Å². The second-order valence-corrected chi connectivity index (χ2v) is 7.88. The highest BCUT2D eigenvalue weighted by molar-refractivity contribution is 7.19. The van der Waals surface area contributed by atoms with E-state index in [9.17, 15) is 4.79 Å². The summed E-state index contributed by atoms with van der Waals surface area (Å²) >= 11 is 1.58. The van der Waals surface area contributed by atoms with E-state index in [-0.39, 0.29) is 11.9 Å². The van der Waals surface area contributed by atoms with Gasteiger partial charge in [-0.3, -0.25) is 9.78 Å². The number of pyridine rings is 1. The molecule has 1 fully saturated rings. The summed E-state index contributed by atoms with van der Waals surface area (Å²) in [5, 5.41) is 3.32. The number of anilines is 1. The van der Waals surface area contributed by atoms with Gasteiger partial charge in [0.25, 0.3) is 5.91 Å². The van der Waals surface area contributed by atoms with Crippen LogP contribution >= 0.6 is 11.3 Å². The zero-order chi connectivity index (χ0) is 18.1. The van der Waals surface area contributed by atoms with Gasteiger partial charge >= 0.3 is 0 Å². The maximum Gasteiger partial charge on any atom is 0.274 e. The topological polar surface area (TPSA) is 71.0 Å². The number of rotatable bonds is 4. The largest absolute Gasteiger partial charge is 0.348 e. The van der Waals surface area contributed by atoms with Crippen LogP contribution in [0.25, 0.3) is 10.2 Å². The Bertz CT molecular complexity index is 934. The van der Waals surface area contributed by atoms with Gasteiger partial charge in [-0.05, 0) is 44.4 Å². The fourth-order valence-corrected chi connectivity index (χ4v) is 4.17. The highest BCUT2D eigenvalue weighted by Gasteiger charge is 2.25. The molecule has 6 nitrogen and oxygen atoms in total. The van der Waals surface area contributed by atoms with Crippen molar-refractivity contribution in [1.82, 2.24) is 19.9 Å². The molecule has 1 aliphatic heterocycles. The summed E-state index contributed by atoms with van der Waals surface area (Å²) in [4.78, 5) is 29.4. The summed E-state index contributed by atoms with van der Waals surface area (Å²) in [6, 6.07) is 5.93. The molecule has 0 radical (unpaired) electrons. The lowest BCUT2D eigenvalue weighted by Crippen LogP contribution is -2.28. The number of hydrogen-bond donors (Lipinski definition) is 1. The molecular weight excluding hydrogens is 346 g/mol. The number of aryl methyl sites for hydroxylation is 1. The molecule has 0 aliphatic carbocycles. The summed E-state index contributed by atoms with van der Waals surface area (Å²) in [6.07, 6.45) is 5.69. The monoisotopic (exact) mass is 367 g/mol. The molecule has 1 N–H and O–H groups in total. The first kappa shape index (κ1) is 16.9. The van der Waals surface area contributed by atoms with Crippen LogP contribution in [-0.4, -0.2) is 38.8 Å². The second kappa shape index (κ2) is 6.99. The predicted octanol–water partition coefficient (Wildman–Crippen LogP) is 3.80. The molecule has 1 saturated heterocycles. The van der Waals surface area contributed by atoms with Crippen molar-refractivity contribution in [2.45, 2.75) is 32.7 Å². The average molecular weight is 367 g/mol. The van der Waals surface area contributed by atoms with Crippen molar-refractivity contribution in [2.24, 2.45) is 0 Å². The third-order valence-corrected chi connectivity index (χ3v) is 5.67. The first-order chi connectivity index (χ1) is 12.6. The number of carbonyl (C=O) groups excluding carboxylic acids is 1. The smallest absolute Gasteiger partial charge is 0.274 e.